The Balaban J connectivity index is 1.34. The first-order valence-corrected chi connectivity index (χ1v) is 12.9. The molecule has 0 spiro atoms. The quantitative estimate of drug-likeness (QED) is 0.547. The maximum Gasteiger partial charge on any atom is 0.405 e. The van der Waals surface area contributed by atoms with Gasteiger partial charge in [0.1, 0.15) is 5.82 Å². The summed E-state index contributed by atoms with van der Waals surface area (Å²) in [5, 5.41) is 7.46. The molecule has 1 aromatic heterocycles. The van der Waals surface area contributed by atoms with E-state index in [4.69, 9.17) is 14.0 Å². The Labute approximate surface area is 181 Å². The lowest BCUT2D eigenvalue weighted by molar-refractivity contribution is 0.243. The number of fused-ring (bicyclic) bond motifs is 3. The van der Waals surface area contributed by atoms with Gasteiger partial charge in [0.25, 0.3) is 0 Å². The summed E-state index contributed by atoms with van der Waals surface area (Å²) in [7, 11) is -0.375. The molecule has 1 saturated carbocycles. The number of rotatable bonds is 7. The lowest BCUT2D eigenvalue weighted by Crippen LogP contribution is -2.33. The van der Waals surface area contributed by atoms with Crippen molar-refractivity contribution in [3.63, 3.8) is 0 Å². The topological polar surface area (TPSA) is 72.5 Å². The van der Waals surface area contributed by atoms with E-state index in [9.17, 15) is 8.96 Å². The molecule has 0 radical (unpaired) electrons. The second-order valence-corrected chi connectivity index (χ2v) is 11.1. The zero-order valence-corrected chi connectivity index (χ0v) is 19.2. The Morgan fingerprint density at radius 3 is 2.70 bits per heavy atom. The van der Waals surface area contributed by atoms with Gasteiger partial charge in [-0.25, -0.2) is 19.0 Å². The highest BCUT2D eigenvalue weighted by Crippen LogP contribution is 2.44. The summed E-state index contributed by atoms with van der Waals surface area (Å²) >= 11 is 1.69. The van der Waals surface area contributed by atoms with E-state index in [1.54, 1.807) is 23.5 Å². The number of thiazole rings is 1. The van der Waals surface area contributed by atoms with Crippen molar-refractivity contribution in [3.8, 4) is 11.3 Å². The van der Waals surface area contributed by atoms with Gasteiger partial charge >= 0.3 is 7.75 Å². The highest BCUT2D eigenvalue weighted by molar-refractivity contribution is 7.51. The molecule has 4 rings (SSSR count). The SMILES string of the molecule is COP(=O)(N[C@H]1CC[C@H](CNc2nc3c(s2)CCCc2ccc(F)cc2-3)CC1)OC. The Hall–Kier alpha value is -1.31. The van der Waals surface area contributed by atoms with Crippen LogP contribution in [0.25, 0.3) is 11.3 Å². The van der Waals surface area contributed by atoms with Crippen molar-refractivity contribution in [1.29, 1.82) is 0 Å². The standard InChI is InChI=1S/C21H29FN3O3PS/c1-27-29(26,28-2)25-17-10-6-14(7-11-17)13-23-21-24-20-18-12-16(22)9-8-15(18)4-3-5-19(20)30-21/h8-9,12,14,17H,3-7,10-11,13H2,1-2H3,(H,23,24)(H,25,26)/t14-,17-. The van der Waals surface area contributed by atoms with Crippen LogP contribution < -0.4 is 10.4 Å². The van der Waals surface area contributed by atoms with Gasteiger partial charge in [-0.2, -0.15) is 0 Å². The predicted molar refractivity (Wildman–Crippen MR) is 119 cm³/mol. The van der Waals surface area contributed by atoms with Gasteiger partial charge in [-0.15, -0.1) is 11.3 Å². The first-order valence-electron chi connectivity index (χ1n) is 10.5. The van der Waals surface area contributed by atoms with Crippen LogP contribution in [0.2, 0.25) is 0 Å². The first-order chi connectivity index (χ1) is 14.5. The zero-order valence-electron chi connectivity index (χ0n) is 17.4. The highest BCUT2D eigenvalue weighted by atomic mass is 32.1. The predicted octanol–water partition coefficient (Wildman–Crippen LogP) is 5.40. The highest BCUT2D eigenvalue weighted by Gasteiger charge is 2.29. The van der Waals surface area contributed by atoms with E-state index in [0.717, 1.165) is 67.9 Å². The minimum absolute atomic E-state index is 0.148. The van der Waals surface area contributed by atoms with Crippen LogP contribution in [0.3, 0.4) is 0 Å². The molecule has 2 aliphatic carbocycles. The summed E-state index contributed by atoms with van der Waals surface area (Å²) < 4.78 is 36.0. The van der Waals surface area contributed by atoms with Crippen LogP contribution in [0.15, 0.2) is 18.2 Å². The number of aromatic nitrogens is 1. The van der Waals surface area contributed by atoms with Crippen molar-refractivity contribution in [2.24, 2.45) is 5.92 Å². The van der Waals surface area contributed by atoms with Crippen molar-refractivity contribution in [2.75, 3.05) is 26.1 Å². The molecule has 9 heteroatoms. The molecule has 0 unspecified atom stereocenters. The lowest BCUT2D eigenvalue weighted by atomic mass is 9.86. The summed E-state index contributed by atoms with van der Waals surface area (Å²) in [6, 6.07) is 5.20. The van der Waals surface area contributed by atoms with Crippen molar-refractivity contribution in [1.82, 2.24) is 10.1 Å². The molecule has 1 heterocycles. The van der Waals surface area contributed by atoms with Crippen molar-refractivity contribution < 1.29 is 18.0 Å². The second kappa shape index (κ2) is 9.45. The fourth-order valence-corrected chi connectivity index (χ4v) is 6.45. The maximum absolute atomic E-state index is 13.8. The molecule has 2 aromatic rings. The van der Waals surface area contributed by atoms with Gasteiger partial charge in [0.05, 0.1) is 5.69 Å². The van der Waals surface area contributed by atoms with E-state index in [1.807, 2.05) is 6.07 Å². The Bertz CT molecular complexity index is 922. The molecule has 0 saturated heterocycles. The fraction of sp³-hybridized carbons (Fsp3) is 0.571. The molecule has 1 aromatic carbocycles. The summed E-state index contributed by atoms with van der Waals surface area (Å²) in [5.41, 5.74) is 3.07. The largest absolute Gasteiger partial charge is 0.405 e. The Morgan fingerprint density at radius 2 is 1.97 bits per heavy atom. The number of hydrogen-bond acceptors (Lipinski definition) is 6. The van der Waals surface area contributed by atoms with E-state index >= 15 is 0 Å². The Morgan fingerprint density at radius 1 is 1.20 bits per heavy atom. The van der Waals surface area contributed by atoms with Crippen LogP contribution in [0.5, 0.6) is 0 Å². The van der Waals surface area contributed by atoms with Crippen LogP contribution >= 0.6 is 19.1 Å². The molecule has 0 bridgehead atoms. The van der Waals surface area contributed by atoms with Crippen molar-refractivity contribution in [3.05, 3.63) is 34.5 Å². The number of hydrogen-bond donors (Lipinski definition) is 2. The molecule has 164 valence electrons. The minimum atomic E-state index is -3.17. The van der Waals surface area contributed by atoms with E-state index in [2.05, 4.69) is 10.4 Å². The minimum Gasteiger partial charge on any atom is -0.361 e. The molecule has 2 aliphatic rings. The van der Waals surface area contributed by atoms with Gasteiger partial charge in [-0.05, 0) is 68.6 Å². The van der Waals surface area contributed by atoms with E-state index in [0.29, 0.717) is 5.92 Å². The number of benzene rings is 1. The third-order valence-corrected chi connectivity index (χ3v) is 8.80. The fourth-order valence-electron chi connectivity index (χ4n) is 4.36. The molecule has 1 fully saturated rings. The molecular weight excluding hydrogens is 424 g/mol. The lowest BCUT2D eigenvalue weighted by Gasteiger charge is -2.30. The Kier molecular flexibility index (Phi) is 6.90. The van der Waals surface area contributed by atoms with Gasteiger partial charge in [-0.3, -0.25) is 0 Å². The molecule has 2 N–H and O–H groups in total. The summed E-state index contributed by atoms with van der Waals surface area (Å²) in [5.74, 6) is 0.335. The van der Waals surface area contributed by atoms with Crippen molar-refractivity contribution in [2.45, 2.75) is 51.0 Å². The van der Waals surface area contributed by atoms with Crippen LogP contribution in [0.1, 0.15) is 42.5 Å². The van der Waals surface area contributed by atoms with Gasteiger partial charge in [0, 0.05) is 37.2 Å². The summed E-state index contributed by atoms with van der Waals surface area (Å²) in [6.07, 6.45) is 6.97. The normalized spacial score (nSPS) is 21.6. The van der Waals surface area contributed by atoms with Crippen molar-refractivity contribution >= 4 is 24.2 Å². The second-order valence-electron chi connectivity index (χ2n) is 8.04. The van der Waals surface area contributed by atoms with Crippen LogP contribution in [-0.2, 0) is 26.5 Å². The molecular formula is C21H29FN3O3PS. The number of anilines is 1. The molecule has 0 atom stereocenters. The van der Waals surface area contributed by atoms with Crippen LogP contribution in [-0.4, -0.2) is 31.8 Å². The zero-order chi connectivity index (χ0) is 21.1. The average molecular weight is 454 g/mol. The first kappa shape index (κ1) is 21.9. The van der Waals surface area contributed by atoms with Gasteiger partial charge in [-0.1, -0.05) is 6.07 Å². The van der Waals surface area contributed by atoms with Crippen LogP contribution in [0, 0.1) is 11.7 Å². The molecule has 30 heavy (non-hydrogen) atoms. The van der Waals surface area contributed by atoms with Gasteiger partial charge in [0.2, 0.25) is 0 Å². The number of nitrogens with zero attached hydrogens (tertiary/aromatic N) is 1. The average Bonchev–Trinajstić information content (AvgIpc) is 3.09. The third kappa shape index (κ3) is 4.94. The molecule has 6 nitrogen and oxygen atoms in total. The van der Waals surface area contributed by atoms with Crippen LogP contribution in [0.4, 0.5) is 9.52 Å². The van der Waals surface area contributed by atoms with Gasteiger partial charge < -0.3 is 14.4 Å². The summed E-state index contributed by atoms with van der Waals surface area (Å²) in [6.45, 7) is 0.862. The van der Waals surface area contributed by atoms with Gasteiger partial charge in [0.15, 0.2) is 5.13 Å². The van der Waals surface area contributed by atoms with E-state index in [-0.39, 0.29) is 11.9 Å². The summed E-state index contributed by atoms with van der Waals surface area (Å²) in [4.78, 5) is 6.06. The smallest absolute Gasteiger partial charge is 0.361 e. The monoisotopic (exact) mass is 453 g/mol. The number of halogens is 1. The molecule has 0 amide bonds. The maximum atomic E-state index is 13.8. The molecule has 0 aliphatic heterocycles. The number of nitrogens with one attached hydrogen (secondary N) is 2. The van der Waals surface area contributed by atoms with E-state index in [1.165, 1.54) is 24.7 Å². The number of aryl methyl sites for hydroxylation is 2. The third-order valence-electron chi connectivity index (χ3n) is 6.08. The van der Waals surface area contributed by atoms with E-state index < -0.39 is 7.75 Å².